The Kier molecular flexibility index (Phi) is 7.75. The van der Waals surface area contributed by atoms with Crippen molar-refractivity contribution in [3.05, 3.63) is 83.7 Å². The molecule has 7 heteroatoms. The van der Waals surface area contributed by atoms with E-state index in [0.29, 0.717) is 19.6 Å². The van der Waals surface area contributed by atoms with Gasteiger partial charge in [-0.3, -0.25) is 19.2 Å². The lowest BCUT2D eigenvalue weighted by atomic mass is 10.1. The van der Waals surface area contributed by atoms with Gasteiger partial charge in [-0.25, -0.2) is 0 Å². The molecule has 34 heavy (non-hydrogen) atoms. The predicted molar refractivity (Wildman–Crippen MR) is 133 cm³/mol. The normalized spacial score (nSPS) is 15.5. The number of para-hydroxylation sites is 1. The van der Waals surface area contributed by atoms with E-state index in [1.807, 2.05) is 53.3 Å². The summed E-state index contributed by atoms with van der Waals surface area (Å²) in [4.78, 5) is 32.1. The molecule has 1 aliphatic rings. The fraction of sp³-hybridized carbons (Fsp3) is 0.370. The molecule has 3 aromatic rings. The molecule has 178 valence electrons. The summed E-state index contributed by atoms with van der Waals surface area (Å²) < 4.78 is 1.69. The van der Waals surface area contributed by atoms with Crippen LogP contribution in [0.5, 0.6) is 0 Å². The van der Waals surface area contributed by atoms with Crippen LogP contribution < -0.4 is 4.90 Å². The monoisotopic (exact) mass is 459 g/mol. The van der Waals surface area contributed by atoms with Gasteiger partial charge in [0.2, 0.25) is 11.8 Å². The Balaban J connectivity index is 1.61. The van der Waals surface area contributed by atoms with Crippen molar-refractivity contribution in [2.75, 3.05) is 31.1 Å². The third-order valence-electron chi connectivity index (χ3n) is 6.23. The van der Waals surface area contributed by atoms with E-state index in [-0.39, 0.29) is 18.4 Å². The van der Waals surface area contributed by atoms with Crippen molar-refractivity contribution >= 4 is 17.5 Å². The third kappa shape index (κ3) is 6.11. The Labute approximate surface area is 201 Å². The van der Waals surface area contributed by atoms with E-state index in [4.69, 9.17) is 0 Å². The number of anilines is 1. The standard InChI is InChI=1S/C27H33N5O2/c1-22-17-28-31(18-22)21-27(34)30-16-15-29(19-24-9-4-3-5-10-24)13-8-14-32(23(2)33)26-12-7-6-11-25(26)20-30/h3-7,9-12,17-18H,8,13-16,19-21H2,1-2H3. The molecule has 2 heterocycles. The summed E-state index contributed by atoms with van der Waals surface area (Å²) in [7, 11) is 0. The largest absolute Gasteiger partial charge is 0.335 e. The first-order valence-electron chi connectivity index (χ1n) is 11.9. The van der Waals surface area contributed by atoms with Gasteiger partial charge in [0.05, 0.1) is 6.20 Å². The highest BCUT2D eigenvalue weighted by molar-refractivity contribution is 5.92. The van der Waals surface area contributed by atoms with E-state index in [9.17, 15) is 9.59 Å². The van der Waals surface area contributed by atoms with Crippen molar-refractivity contribution in [3.8, 4) is 0 Å². The van der Waals surface area contributed by atoms with Gasteiger partial charge in [-0.15, -0.1) is 0 Å². The van der Waals surface area contributed by atoms with Gasteiger partial charge in [0.25, 0.3) is 0 Å². The minimum absolute atomic E-state index is 0.0196. The number of hydrogen-bond acceptors (Lipinski definition) is 4. The van der Waals surface area contributed by atoms with E-state index < -0.39 is 0 Å². The molecule has 0 spiro atoms. The molecular weight excluding hydrogens is 426 g/mol. The second kappa shape index (κ2) is 11.1. The van der Waals surface area contributed by atoms with Crippen LogP contribution in [-0.4, -0.2) is 57.6 Å². The topological polar surface area (TPSA) is 61.7 Å². The zero-order valence-corrected chi connectivity index (χ0v) is 20.1. The molecule has 0 saturated carbocycles. The highest BCUT2D eigenvalue weighted by Gasteiger charge is 2.22. The number of nitrogens with zero attached hydrogens (tertiary/aromatic N) is 5. The molecule has 0 aliphatic carbocycles. The Bertz CT molecular complexity index is 1110. The Morgan fingerprint density at radius 2 is 1.71 bits per heavy atom. The molecule has 2 amide bonds. The molecule has 0 bridgehead atoms. The SMILES string of the molecule is CC(=O)N1CCCN(Cc2ccccc2)CCN(C(=O)Cn2cc(C)cn2)Cc2ccccc21. The maximum Gasteiger partial charge on any atom is 0.244 e. The summed E-state index contributed by atoms with van der Waals surface area (Å²) in [6.07, 6.45) is 4.51. The number of hydrogen-bond donors (Lipinski definition) is 0. The molecule has 1 aromatic heterocycles. The Hall–Kier alpha value is -3.45. The van der Waals surface area contributed by atoms with Crippen molar-refractivity contribution in [1.82, 2.24) is 19.6 Å². The third-order valence-corrected chi connectivity index (χ3v) is 6.23. The van der Waals surface area contributed by atoms with Gasteiger partial charge in [-0.1, -0.05) is 48.5 Å². The van der Waals surface area contributed by atoms with E-state index in [2.05, 4.69) is 34.3 Å². The van der Waals surface area contributed by atoms with E-state index in [1.54, 1.807) is 17.8 Å². The van der Waals surface area contributed by atoms with Crippen LogP contribution in [0.3, 0.4) is 0 Å². The summed E-state index contributed by atoms with van der Waals surface area (Å²) in [6.45, 7) is 7.93. The number of aryl methyl sites for hydroxylation is 1. The van der Waals surface area contributed by atoms with Crippen molar-refractivity contribution in [3.63, 3.8) is 0 Å². The summed E-state index contributed by atoms with van der Waals surface area (Å²) >= 11 is 0. The lowest BCUT2D eigenvalue weighted by Crippen LogP contribution is -2.40. The smallest absolute Gasteiger partial charge is 0.244 e. The lowest BCUT2D eigenvalue weighted by Gasteiger charge is -2.28. The van der Waals surface area contributed by atoms with Crippen LogP contribution in [0.1, 0.15) is 30.0 Å². The maximum absolute atomic E-state index is 13.4. The number of amides is 2. The van der Waals surface area contributed by atoms with Crippen molar-refractivity contribution in [2.45, 2.75) is 39.9 Å². The van der Waals surface area contributed by atoms with Gasteiger partial charge in [0, 0.05) is 58.1 Å². The van der Waals surface area contributed by atoms with Crippen LogP contribution in [0.25, 0.3) is 0 Å². The first kappa shape index (κ1) is 23.7. The number of fused-ring (bicyclic) bond motifs is 1. The summed E-state index contributed by atoms with van der Waals surface area (Å²) in [6, 6.07) is 18.3. The Morgan fingerprint density at radius 3 is 2.44 bits per heavy atom. The average molecular weight is 460 g/mol. The lowest BCUT2D eigenvalue weighted by molar-refractivity contribution is -0.133. The van der Waals surface area contributed by atoms with E-state index >= 15 is 0 Å². The Morgan fingerprint density at radius 1 is 0.941 bits per heavy atom. The summed E-state index contributed by atoms with van der Waals surface area (Å²) in [5.41, 5.74) is 4.15. The van der Waals surface area contributed by atoms with E-state index in [0.717, 1.165) is 42.9 Å². The fourth-order valence-corrected chi connectivity index (χ4v) is 4.47. The molecule has 0 saturated heterocycles. The van der Waals surface area contributed by atoms with Crippen LogP contribution >= 0.6 is 0 Å². The molecule has 0 N–H and O–H groups in total. The van der Waals surface area contributed by atoms with Crippen LogP contribution in [0.15, 0.2) is 67.0 Å². The maximum atomic E-state index is 13.4. The highest BCUT2D eigenvalue weighted by atomic mass is 16.2. The molecule has 0 unspecified atom stereocenters. The number of aromatic nitrogens is 2. The first-order chi connectivity index (χ1) is 16.5. The minimum atomic E-state index is 0.0196. The molecular formula is C27H33N5O2. The minimum Gasteiger partial charge on any atom is -0.335 e. The summed E-state index contributed by atoms with van der Waals surface area (Å²) in [5, 5.41) is 4.30. The molecule has 0 fully saturated rings. The fourth-order valence-electron chi connectivity index (χ4n) is 4.47. The van der Waals surface area contributed by atoms with Gasteiger partial charge in [0.1, 0.15) is 6.54 Å². The van der Waals surface area contributed by atoms with E-state index in [1.165, 1.54) is 5.56 Å². The average Bonchev–Trinajstić information content (AvgIpc) is 3.22. The highest BCUT2D eigenvalue weighted by Crippen LogP contribution is 2.24. The van der Waals surface area contributed by atoms with Crippen molar-refractivity contribution in [2.24, 2.45) is 0 Å². The number of rotatable bonds is 4. The van der Waals surface area contributed by atoms with Gasteiger partial charge in [-0.2, -0.15) is 5.10 Å². The van der Waals surface area contributed by atoms with Gasteiger partial charge in [0.15, 0.2) is 0 Å². The molecule has 2 aromatic carbocycles. The predicted octanol–water partition coefficient (Wildman–Crippen LogP) is 3.48. The zero-order valence-electron chi connectivity index (χ0n) is 20.1. The molecule has 0 atom stereocenters. The summed E-state index contributed by atoms with van der Waals surface area (Å²) in [5.74, 6) is 0.0392. The number of benzene rings is 2. The first-order valence-corrected chi connectivity index (χ1v) is 11.9. The van der Waals surface area contributed by atoms with Crippen molar-refractivity contribution < 1.29 is 9.59 Å². The van der Waals surface area contributed by atoms with Gasteiger partial charge < -0.3 is 9.80 Å². The molecule has 0 radical (unpaired) electrons. The van der Waals surface area contributed by atoms with Crippen LogP contribution in [0, 0.1) is 6.92 Å². The van der Waals surface area contributed by atoms with Gasteiger partial charge >= 0.3 is 0 Å². The zero-order chi connectivity index (χ0) is 23.9. The van der Waals surface area contributed by atoms with Crippen molar-refractivity contribution in [1.29, 1.82) is 0 Å². The number of carbonyl (C=O) groups excluding carboxylic acids is 2. The molecule has 1 aliphatic heterocycles. The van der Waals surface area contributed by atoms with Crippen LogP contribution in [0.2, 0.25) is 0 Å². The second-order valence-corrected chi connectivity index (χ2v) is 8.95. The quantitative estimate of drug-likeness (QED) is 0.599. The van der Waals surface area contributed by atoms with Gasteiger partial charge in [-0.05, 0) is 36.1 Å². The molecule has 7 nitrogen and oxygen atoms in total. The van der Waals surface area contributed by atoms with Crippen LogP contribution in [0.4, 0.5) is 5.69 Å². The molecule has 4 rings (SSSR count). The number of carbonyl (C=O) groups is 2. The van der Waals surface area contributed by atoms with Crippen LogP contribution in [-0.2, 0) is 29.2 Å². The second-order valence-electron chi connectivity index (χ2n) is 8.95.